The molecular weight excluding hydrogens is 252 g/mol. The highest BCUT2D eigenvalue weighted by Gasteiger charge is 2.60. The molecule has 4 heterocycles. The van der Waals surface area contributed by atoms with E-state index in [2.05, 4.69) is 10.6 Å². The zero-order valence-corrected chi connectivity index (χ0v) is 11.1. The Morgan fingerprint density at radius 3 is 2.89 bits per heavy atom. The van der Waals surface area contributed by atoms with Crippen LogP contribution in [0.5, 0.6) is 0 Å². The molecule has 0 aliphatic carbocycles. The van der Waals surface area contributed by atoms with E-state index in [1.807, 2.05) is 0 Å². The lowest BCUT2D eigenvalue weighted by Crippen LogP contribution is -2.72. The van der Waals surface area contributed by atoms with E-state index in [0.717, 1.165) is 38.0 Å². The maximum absolute atomic E-state index is 12.8. The van der Waals surface area contributed by atoms with Crippen LogP contribution in [0.15, 0.2) is 0 Å². The number of thioether (sulfide) groups is 1. The molecule has 3 atom stereocenters. The number of nitrogens with one attached hydrogen (secondary N) is 2. The van der Waals surface area contributed by atoms with Gasteiger partial charge >= 0.3 is 0 Å². The Hall–Kier alpha value is -0.430. The summed E-state index contributed by atoms with van der Waals surface area (Å²) in [4.78, 5) is 24.3. The van der Waals surface area contributed by atoms with Crippen molar-refractivity contribution in [1.82, 2.24) is 10.6 Å². The Labute approximate surface area is 110 Å². The number of Topliss-reactive ketones (excluding diaryl/α,β-unsaturated/α-hetero) is 1. The van der Waals surface area contributed by atoms with Crippen molar-refractivity contribution in [2.75, 3.05) is 31.9 Å². The highest BCUT2D eigenvalue weighted by molar-refractivity contribution is 8.02. The lowest BCUT2D eigenvalue weighted by molar-refractivity contribution is -0.220. The van der Waals surface area contributed by atoms with Gasteiger partial charge in [0.25, 0.3) is 0 Å². The van der Waals surface area contributed by atoms with Gasteiger partial charge < -0.3 is 20.2 Å². The van der Waals surface area contributed by atoms with E-state index in [0.29, 0.717) is 13.1 Å². The Morgan fingerprint density at radius 1 is 1.39 bits per heavy atom. The minimum atomic E-state index is -0.958. The zero-order chi connectivity index (χ0) is 12.6. The van der Waals surface area contributed by atoms with E-state index in [-0.39, 0.29) is 11.9 Å². The maximum Gasteiger partial charge on any atom is 0.190 e. The van der Waals surface area contributed by atoms with Crippen LogP contribution in [-0.4, -0.2) is 60.5 Å². The largest absolute Gasteiger partial charge is 0.361 e. The number of hydrogen-bond acceptors (Lipinski definition) is 6. The second kappa shape index (κ2) is 4.59. The summed E-state index contributed by atoms with van der Waals surface area (Å²) in [5.74, 6) is 0.789. The molecule has 2 N–H and O–H groups in total. The Bertz CT molecular complexity index is 355. The molecule has 4 aliphatic rings. The van der Waals surface area contributed by atoms with Gasteiger partial charge in [0.1, 0.15) is 16.6 Å². The van der Waals surface area contributed by atoms with Gasteiger partial charge in [0.05, 0.1) is 6.10 Å². The topological polar surface area (TPSA) is 67.4 Å². The van der Waals surface area contributed by atoms with Crippen molar-refractivity contribution in [2.45, 2.75) is 29.3 Å². The van der Waals surface area contributed by atoms with Crippen LogP contribution in [0, 0.1) is 0 Å². The van der Waals surface area contributed by atoms with Crippen molar-refractivity contribution >= 4 is 23.8 Å². The molecule has 2 bridgehead atoms. The first-order valence-electron chi connectivity index (χ1n) is 6.45. The summed E-state index contributed by atoms with van der Waals surface area (Å²) >= 11 is 1.47. The fraction of sp³-hybridized carbons (Fsp3) is 0.833. The number of piperidine rings is 1. The van der Waals surface area contributed by atoms with Gasteiger partial charge in [-0.3, -0.25) is 4.79 Å². The SMILES string of the molecule is O=CC1(C(=O)C23CNCC(C2)O3)CNCCCS1. The summed E-state index contributed by atoms with van der Waals surface area (Å²) in [6.45, 7) is 2.65. The van der Waals surface area contributed by atoms with Crippen LogP contribution in [0.3, 0.4) is 0 Å². The molecule has 3 unspecified atom stereocenters. The van der Waals surface area contributed by atoms with E-state index in [9.17, 15) is 9.59 Å². The standard InChI is InChI=1S/C12H18N2O3S/c15-8-12(7-13-2-1-3-18-12)10(16)11-4-9(17-11)5-14-6-11/h8-9,13-14H,1-7H2. The number of aldehydes is 1. The molecule has 5 nitrogen and oxygen atoms in total. The number of ether oxygens (including phenoxy) is 1. The quantitative estimate of drug-likeness (QED) is 0.525. The van der Waals surface area contributed by atoms with Gasteiger partial charge in [0.2, 0.25) is 0 Å². The molecule has 0 aromatic heterocycles. The molecule has 4 rings (SSSR count). The first-order chi connectivity index (χ1) is 8.71. The van der Waals surface area contributed by atoms with Crippen LogP contribution in [0.4, 0.5) is 0 Å². The molecule has 4 aliphatic heterocycles. The van der Waals surface area contributed by atoms with Crippen LogP contribution in [-0.2, 0) is 14.3 Å². The molecule has 0 radical (unpaired) electrons. The predicted molar refractivity (Wildman–Crippen MR) is 68.8 cm³/mol. The van der Waals surface area contributed by atoms with Crippen molar-refractivity contribution in [3.63, 3.8) is 0 Å². The van der Waals surface area contributed by atoms with Crippen LogP contribution in [0.1, 0.15) is 12.8 Å². The van der Waals surface area contributed by atoms with Gasteiger partial charge in [-0.2, -0.15) is 0 Å². The number of carbonyl (C=O) groups excluding carboxylic acids is 2. The summed E-state index contributed by atoms with van der Waals surface area (Å²) in [5, 5.41) is 6.41. The fourth-order valence-corrected chi connectivity index (χ4v) is 4.25. The second-order valence-corrected chi connectivity index (χ2v) is 6.71. The fourth-order valence-electron chi connectivity index (χ4n) is 3.00. The highest BCUT2D eigenvalue weighted by atomic mass is 32.2. The Balaban J connectivity index is 1.82. The molecule has 0 aromatic rings. The van der Waals surface area contributed by atoms with E-state index in [1.165, 1.54) is 11.8 Å². The van der Waals surface area contributed by atoms with Gasteiger partial charge in [-0.15, -0.1) is 11.8 Å². The van der Waals surface area contributed by atoms with Crippen LogP contribution >= 0.6 is 11.8 Å². The molecular formula is C12H18N2O3S. The number of morpholine rings is 1. The van der Waals surface area contributed by atoms with Crippen molar-refractivity contribution in [1.29, 1.82) is 0 Å². The molecule has 18 heavy (non-hydrogen) atoms. The monoisotopic (exact) mass is 270 g/mol. The van der Waals surface area contributed by atoms with Crippen molar-refractivity contribution < 1.29 is 14.3 Å². The number of ketones is 1. The molecule has 0 saturated carbocycles. The summed E-state index contributed by atoms with van der Waals surface area (Å²) in [6, 6.07) is 0. The molecule has 0 aromatic carbocycles. The summed E-state index contributed by atoms with van der Waals surface area (Å²) < 4.78 is 4.78. The molecule has 100 valence electrons. The average molecular weight is 270 g/mol. The van der Waals surface area contributed by atoms with Gasteiger partial charge in [-0.1, -0.05) is 0 Å². The first kappa shape index (κ1) is 12.6. The lowest BCUT2D eigenvalue weighted by Gasteiger charge is -2.53. The predicted octanol–water partition coefficient (Wildman–Crippen LogP) is -0.649. The van der Waals surface area contributed by atoms with Crippen molar-refractivity contribution in [3.05, 3.63) is 0 Å². The van der Waals surface area contributed by atoms with E-state index >= 15 is 0 Å². The van der Waals surface area contributed by atoms with Crippen LogP contribution in [0.2, 0.25) is 0 Å². The number of rotatable bonds is 3. The molecule has 4 saturated heterocycles. The zero-order valence-electron chi connectivity index (χ0n) is 10.2. The minimum Gasteiger partial charge on any atom is -0.361 e. The van der Waals surface area contributed by atoms with Gasteiger partial charge in [-0.05, 0) is 18.7 Å². The van der Waals surface area contributed by atoms with E-state index in [4.69, 9.17) is 4.74 Å². The first-order valence-corrected chi connectivity index (χ1v) is 7.44. The molecule has 0 amide bonds. The third kappa shape index (κ3) is 1.82. The van der Waals surface area contributed by atoms with Gasteiger partial charge in [-0.25, -0.2) is 0 Å². The second-order valence-electron chi connectivity index (χ2n) is 5.28. The van der Waals surface area contributed by atoms with E-state index in [1.54, 1.807) is 0 Å². The number of hydrogen-bond donors (Lipinski definition) is 2. The van der Waals surface area contributed by atoms with Crippen molar-refractivity contribution in [3.8, 4) is 0 Å². The van der Waals surface area contributed by atoms with Crippen LogP contribution < -0.4 is 10.6 Å². The molecule has 6 heteroatoms. The lowest BCUT2D eigenvalue weighted by atomic mass is 9.77. The molecule has 0 spiro atoms. The Kier molecular flexibility index (Phi) is 3.21. The third-order valence-corrected chi connectivity index (χ3v) is 5.40. The number of fused-ring (bicyclic) bond motifs is 2. The number of carbonyl (C=O) groups is 2. The summed E-state index contributed by atoms with van der Waals surface area (Å²) in [5.41, 5.74) is -0.747. The summed E-state index contributed by atoms with van der Waals surface area (Å²) in [6.07, 6.45) is 2.71. The van der Waals surface area contributed by atoms with Crippen molar-refractivity contribution in [2.24, 2.45) is 0 Å². The Morgan fingerprint density at radius 2 is 2.22 bits per heavy atom. The summed E-state index contributed by atoms with van der Waals surface area (Å²) in [7, 11) is 0. The van der Waals surface area contributed by atoms with E-state index < -0.39 is 10.3 Å². The maximum atomic E-state index is 12.8. The highest BCUT2D eigenvalue weighted by Crippen LogP contribution is 2.42. The van der Waals surface area contributed by atoms with Gasteiger partial charge in [0, 0.05) is 26.1 Å². The van der Waals surface area contributed by atoms with Gasteiger partial charge in [0.15, 0.2) is 5.78 Å². The smallest absolute Gasteiger partial charge is 0.190 e. The average Bonchev–Trinajstić information content (AvgIpc) is 2.64. The normalized spacial score (nSPS) is 43.7. The van der Waals surface area contributed by atoms with Crippen LogP contribution in [0.25, 0.3) is 0 Å². The minimum absolute atomic E-state index is 0.0483. The third-order valence-electron chi connectivity index (χ3n) is 3.97. The molecule has 4 fully saturated rings.